The summed E-state index contributed by atoms with van der Waals surface area (Å²) in [4.78, 5) is 23.1. The lowest BCUT2D eigenvalue weighted by Crippen LogP contribution is -2.37. The van der Waals surface area contributed by atoms with Gasteiger partial charge in [-0.2, -0.15) is 0 Å². The van der Waals surface area contributed by atoms with Crippen LogP contribution in [0.25, 0.3) is 11.4 Å². The van der Waals surface area contributed by atoms with Crippen molar-refractivity contribution in [3.05, 3.63) is 47.6 Å². The number of nitrogens with one attached hydrogen (secondary N) is 1. The third-order valence-electron chi connectivity index (χ3n) is 3.87. The average Bonchev–Trinajstić information content (AvgIpc) is 3.18. The summed E-state index contributed by atoms with van der Waals surface area (Å²) in [5.74, 6) is 0.407. The summed E-state index contributed by atoms with van der Waals surface area (Å²) in [6.45, 7) is 2.89. The van der Waals surface area contributed by atoms with E-state index in [1.54, 1.807) is 18.3 Å². The number of hydrogen-bond acceptors (Lipinski definition) is 8. The number of carbonyl (C=O) groups excluding carboxylic acids is 1. The Bertz CT molecular complexity index is 878. The summed E-state index contributed by atoms with van der Waals surface area (Å²) in [5, 5.41) is 13.3. The summed E-state index contributed by atoms with van der Waals surface area (Å²) in [6, 6.07) is 9.08. The highest BCUT2D eigenvalue weighted by molar-refractivity contribution is 7.14. The normalized spacial score (nSPS) is 14.2. The smallest absolute Gasteiger partial charge is 0.277 e. The van der Waals surface area contributed by atoms with E-state index >= 15 is 0 Å². The van der Waals surface area contributed by atoms with Crippen LogP contribution < -0.4 is 10.2 Å². The van der Waals surface area contributed by atoms with E-state index in [0.717, 1.165) is 30.3 Å². The fourth-order valence-electron chi connectivity index (χ4n) is 2.53. The van der Waals surface area contributed by atoms with Crippen molar-refractivity contribution in [2.75, 3.05) is 36.5 Å². The molecule has 0 spiro atoms. The van der Waals surface area contributed by atoms with E-state index in [2.05, 4.69) is 30.4 Å². The van der Waals surface area contributed by atoms with Crippen molar-refractivity contribution in [2.45, 2.75) is 0 Å². The molecule has 132 valence electrons. The number of pyridine rings is 1. The number of morpholine rings is 1. The average molecular weight is 368 g/mol. The van der Waals surface area contributed by atoms with Gasteiger partial charge in [-0.05, 0) is 24.3 Å². The standard InChI is InChI=1S/C17H16N6O2S/c24-16(13-4-5-15(22-21-13)23-7-9-25-10-8-23)20-17-19-14(11-26-17)12-3-1-2-6-18-12/h1-6,11H,7-10H2,(H,19,20,24). The van der Waals surface area contributed by atoms with Crippen LogP contribution in [0.3, 0.4) is 0 Å². The number of ether oxygens (including phenoxy) is 1. The van der Waals surface area contributed by atoms with E-state index in [-0.39, 0.29) is 11.6 Å². The molecule has 0 unspecified atom stereocenters. The molecule has 9 heteroatoms. The van der Waals surface area contributed by atoms with Crippen LogP contribution in [0.2, 0.25) is 0 Å². The lowest BCUT2D eigenvalue weighted by Gasteiger charge is -2.27. The van der Waals surface area contributed by atoms with Gasteiger partial charge in [0.05, 0.1) is 18.9 Å². The Morgan fingerprint density at radius 3 is 2.73 bits per heavy atom. The van der Waals surface area contributed by atoms with Crippen LogP contribution in [-0.4, -0.2) is 52.4 Å². The van der Waals surface area contributed by atoms with Crippen LogP contribution in [0.15, 0.2) is 41.9 Å². The molecule has 1 amide bonds. The first-order chi connectivity index (χ1) is 12.8. The van der Waals surface area contributed by atoms with Gasteiger partial charge < -0.3 is 9.64 Å². The Kier molecular flexibility index (Phi) is 4.80. The summed E-state index contributed by atoms with van der Waals surface area (Å²) < 4.78 is 5.32. The van der Waals surface area contributed by atoms with Crippen LogP contribution in [0, 0.1) is 0 Å². The van der Waals surface area contributed by atoms with Crippen LogP contribution in [-0.2, 0) is 4.74 Å². The number of rotatable bonds is 4. The maximum atomic E-state index is 12.4. The Morgan fingerprint density at radius 1 is 1.12 bits per heavy atom. The van der Waals surface area contributed by atoms with Gasteiger partial charge in [-0.3, -0.25) is 15.1 Å². The van der Waals surface area contributed by atoms with Crippen molar-refractivity contribution in [1.82, 2.24) is 20.2 Å². The van der Waals surface area contributed by atoms with Crippen molar-refractivity contribution in [3.8, 4) is 11.4 Å². The maximum Gasteiger partial charge on any atom is 0.277 e. The van der Waals surface area contributed by atoms with E-state index in [9.17, 15) is 4.79 Å². The molecule has 4 rings (SSSR count). The van der Waals surface area contributed by atoms with Gasteiger partial charge in [-0.15, -0.1) is 21.5 Å². The minimum absolute atomic E-state index is 0.247. The number of amides is 1. The zero-order valence-corrected chi connectivity index (χ0v) is 14.6. The first-order valence-electron chi connectivity index (χ1n) is 8.14. The second kappa shape index (κ2) is 7.54. The third kappa shape index (κ3) is 3.68. The largest absolute Gasteiger partial charge is 0.378 e. The third-order valence-corrected chi connectivity index (χ3v) is 4.63. The van der Waals surface area contributed by atoms with Gasteiger partial charge in [-0.25, -0.2) is 4.98 Å². The molecule has 0 aliphatic carbocycles. The number of thiazole rings is 1. The molecule has 4 heterocycles. The van der Waals surface area contributed by atoms with Crippen LogP contribution >= 0.6 is 11.3 Å². The lowest BCUT2D eigenvalue weighted by atomic mass is 10.3. The molecule has 0 radical (unpaired) electrons. The van der Waals surface area contributed by atoms with E-state index in [1.807, 2.05) is 23.6 Å². The fraction of sp³-hybridized carbons (Fsp3) is 0.235. The molecule has 0 bridgehead atoms. The molecule has 3 aromatic heterocycles. The Labute approximate surface area is 153 Å². The minimum Gasteiger partial charge on any atom is -0.378 e. The van der Waals surface area contributed by atoms with Gasteiger partial charge in [0.1, 0.15) is 5.69 Å². The van der Waals surface area contributed by atoms with Crippen LogP contribution in [0.5, 0.6) is 0 Å². The summed E-state index contributed by atoms with van der Waals surface area (Å²) in [6.07, 6.45) is 1.71. The van der Waals surface area contributed by atoms with E-state index in [0.29, 0.717) is 18.3 Å². The molecule has 1 fully saturated rings. The Morgan fingerprint density at radius 2 is 2.00 bits per heavy atom. The highest BCUT2D eigenvalue weighted by Gasteiger charge is 2.15. The van der Waals surface area contributed by atoms with Crippen molar-refractivity contribution in [3.63, 3.8) is 0 Å². The molecule has 1 N–H and O–H groups in total. The molecular weight excluding hydrogens is 352 g/mol. The number of carbonyl (C=O) groups is 1. The summed E-state index contributed by atoms with van der Waals surface area (Å²) >= 11 is 1.34. The fourth-order valence-corrected chi connectivity index (χ4v) is 3.23. The highest BCUT2D eigenvalue weighted by Crippen LogP contribution is 2.23. The summed E-state index contributed by atoms with van der Waals surface area (Å²) in [7, 11) is 0. The van der Waals surface area contributed by atoms with E-state index in [1.165, 1.54) is 11.3 Å². The van der Waals surface area contributed by atoms with E-state index < -0.39 is 0 Å². The molecule has 8 nitrogen and oxygen atoms in total. The molecular formula is C17H16N6O2S. The first-order valence-corrected chi connectivity index (χ1v) is 9.02. The predicted octanol–water partition coefficient (Wildman–Crippen LogP) is 2.08. The lowest BCUT2D eigenvalue weighted by molar-refractivity contribution is 0.102. The van der Waals surface area contributed by atoms with Crippen molar-refractivity contribution in [2.24, 2.45) is 0 Å². The molecule has 0 saturated carbocycles. The topological polar surface area (TPSA) is 93.1 Å². The second-order valence-corrected chi connectivity index (χ2v) is 6.44. The molecule has 1 aliphatic heterocycles. The van der Waals surface area contributed by atoms with E-state index in [4.69, 9.17) is 4.74 Å². The number of nitrogens with zero attached hydrogens (tertiary/aromatic N) is 5. The number of anilines is 2. The van der Waals surface area contributed by atoms with Gasteiger partial charge in [0, 0.05) is 24.7 Å². The highest BCUT2D eigenvalue weighted by atomic mass is 32.1. The number of aromatic nitrogens is 4. The molecule has 3 aromatic rings. The maximum absolute atomic E-state index is 12.4. The van der Waals surface area contributed by atoms with Gasteiger partial charge in [0.15, 0.2) is 16.6 Å². The Hall–Kier alpha value is -2.91. The van der Waals surface area contributed by atoms with Gasteiger partial charge >= 0.3 is 0 Å². The first kappa shape index (κ1) is 16.6. The van der Waals surface area contributed by atoms with Crippen molar-refractivity contribution >= 4 is 28.2 Å². The Balaban J connectivity index is 1.42. The van der Waals surface area contributed by atoms with Crippen molar-refractivity contribution < 1.29 is 9.53 Å². The molecule has 0 atom stereocenters. The quantitative estimate of drug-likeness (QED) is 0.753. The van der Waals surface area contributed by atoms with Gasteiger partial charge in [0.25, 0.3) is 5.91 Å². The predicted molar refractivity (Wildman–Crippen MR) is 98.4 cm³/mol. The number of hydrogen-bond donors (Lipinski definition) is 1. The molecule has 1 saturated heterocycles. The zero-order chi connectivity index (χ0) is 17.8. The van der Waals surface area contributed by atoms with Crippen molar-refractivity contribution in [1.29, 1.82) is 0 Å². The van der Waals surface area contributed by atoms with Crippen LogP contribution in [0.1, 0.15) is 10.5 Å². The minimum atomic E-state index is -0.340. The summed E-state index contributed by atoms with van der Waals surface area (Å²) in [5.41, 5.74) is 1.73. The SMILES string of the molecule is O=C(Nc1nc(-c2ccccn2)cs1)c1ccc(N2CCOCC2)nn1. The molecule has 26 heavy (non-hydrogen) atoms. The monoisotopic (exact) mass is 368 g/mol. The van der Waals surface area contributed by atoms with Crippen LogP contribution in [0.4, 0.5) is 10.9 Å². The zero-order valence-electron chi connectivity index (χ0n) is 13.8. The molecule has 1 aliphatic rings. The van der Waals surface area contributed by atoms with Gasteiger partial charge in [-0.1, -0.05) is 6.07 Å². The second-order valence-electron chi connectivity index (χ2n) is 5.58. The van der Waals surface area contributed by atoms with Gasteiger partial charge in [0.2, 0.25) is 0 Å². The molecule has 0 aromatic carbocycles.